The third kappa shape index (κ3) is 4.43. The molecule has 1 heterocycles. The highest BCUT2D eigenvalue weighted by Crippen LogP contribution is 2.35. The number of hydrogen-bond donors (Lipinski definition) is 0. The normalized spacial score (nSPS) is 16.8. The molecule has 0 aliphatic carbocycles. The molecule has 0 unspecified atom stereocenters. The van der Waals surface area contributed by atoms with Crippen LogP contribution in [0.4, 0.5) is 5.69 Å². The first-order valence-corrected chi connectivity index (χ1v) is 10.4. The predicted molar refractivity (Wildman–Crippen MR) is 121 cm³/mol. The standard InChI is InChI=1S/C25H24ClN3O/c1-30-23-11-12-24(21(15-23)16-27)29-14-13-28(17-19-5-3-2-4-6-19)18-25(29)20-7-9-22(26)10-8-20/h2-12,15,25H,13-14,17-18H2,1H3/t25-/m0/s1. The van der Waals surface area contributed by atoms with Crippen molar-refractivity contribution in [1.29, 1.82) is 5.26 Å². The van der Waals surface area contributed by atoms with E-state index in [0.29, 0.717) is 11.3 Å². The maximum absolute atomic E-state index is 9.75. The fraction of sp³-hybridized carbons (Fsp3) is 0.240. The number of piperazine rings is 1. The lowest BCUT2D eigenvalue weighted by Gasteiger charge is -2.43. The van der Waals surface area contributed by atoms with Gasteiger partial charge in [-0.2, -0.15) is 5.26 Å². The van der Waals surface area contributed by atoms with E-state index in [1.807, 2.05) is 36.4 Å². The highest BCUT2D eigenvalue weighted by molar-refractivity contribution is 6.30. The van der Waals surface area contributed by atoms with Crippen molar-refractivity contribution in [3.8, 4) is 11.8 Å². The van der Waals surface area contributed by atoms with Gasteiger partial charge in [0.25, 0.3) is 0 Å². The van der Waals surface area contributed by atoms with Crippen molar-refractivity contribution in [2.75, 3.05) is 31.6 Å². The fourth-order valence-electron chi connectivity index (χ4n) is 4.07. The number of halogens is 1. The third-order valence-corrected chi connectivity index (χ3v) is 5.85. The Kier molecular flexibility index (Phi) is 6.23. The van der Waals surface area contributed by atoms with E-state index in [1.54, 1.807) is 7.11 Å². The van der Waals surface area contributed by atoms with E-state index in [-0.39, 0.29) is 6.04 Å². The Morgan fingerprint density at radius 2 is 1.80 bits per heavy atom. The number of nitriles is 1. The molecule has 30 heavy (non-hydrogen) atoms. The molecule has 3 aromatic rings. The second-order valence-corrected chi connectivity index (χ2v) is 7.91. The molecule has 1 aliphatic heterocycles. The molecule has 0 aromatic heterocycles. The van der Waals surface area contributed by atoms with E-state index in [9.17, 15) is 5.26 Å². The van der Waals surface area contributed by atoms with Crippen LogP contribution in [-0.4, -0.2) is 31.6 Å². The molecule has 152 valence electrons. The highest BCUT2D eigenvalue weighted by Gasteiger charge is 2.30. The molecule has 0 saturated carbocycles. The summed E-state index contributed by atoms with van der Waals surface area (Å²) in [6.45, 7) is 3.54. The minimum absolute atomic E-state index is 0.125. The van der Waals surface area contributed by atoms with Crippen LogP contribution in [0.1, 0.15) is 22.7 Å². The van der Waals surface area contributed by atoms with Crippen molar-refractivity contribution in [3.63, 3.8) is 0 Å². The molecule has 1 aliphatic rings. The summed E-state index contributed by atoms with van der Waals surface area (Å²) in [6.07, 6.45) is 0. The van der Waals surface area contributed by atoms with E-state index in [2.05, 4.69) is 52.3 Å². The molecule has 0 radical (unpaired) electrons. The van der Waals surface area contributed by atoms with Gasteiger partial charge >= 0.3 is 0 Å². The molecule has 3 aromatic carbocycles. The zero-order valence-corrected chi connectivity index (χ0v) is 17.7. The topological polar surface area (TPSA) is 39.5 Å². The van der Waals surface area contributed by atoms with Gasteiger partial charge in [0.05, 0.1) is 24.4 Å². The number of ether oxygens (including phenoxy) is 1. The summed E-state index contributed by atoms with van der Waals surface area (Å²) in [5, 5.41) is 10.5. The SMILES string of the molecule is COc1ccc(N2CCN(Cc3ccccc3)C[C@H]2c2ccc(Cl)cc2)c(C#N)c1. The van der Waals surface area contributed by atoms with Crippen molar-refractivity contribution in [2.45, 2.75) is 12.6 Å². The number of methoxy groups -OCH3 is 1. The first-order valence-electron chi connectivity index (χ1n) is 10.0. The molecular weight excluding hydrogens is 394 g/mol. The van der Waals surface area contributed by atoms with Crippen LogP contribution in [0.3, 0.4) is 0 Å². The minimum Gasteiger partial charge on any atom is -0.497 e. The van der Waals surface area contributed by atoms with Gasteiger partial charge in [-0.05, 0) is 41.5 Å². The lowest BCUT2D eigenvalue weighted by molar-refractivity contribution is 0.215. The Labute approximate surface area is 182 Å². The van der Waals surface area contributed by atoms with Crippen LogP contribution in [0, 0.1) is 11.3 Å². The molecule has 4 nitrogen and oxygen atoms in total. The van der Waals surface area contributed by atoms with E-state index < -0.39 is 0 Å². The first kappa shape index (κ1) is 20.3. The predicted octanol–water partition coefficient (Wildman–Crippen LogP) is 5.28. The maximum Gasteiger partial charge on any atom is 0.120 e. The van der Waals surface area contributed by atoms with E-state index in [1.165, 1.54) is 11.1 Å². The van der Waals surface area contributed by atoms with E-state index >= 15 is 0 Å². The summed E-state index contributed by atoms with van der Waals surface area (Å²) in [5.74, 6) is 0.695. The van der Waals surface area contributed by atoms with Gasteiger partial charge in [-0.3, -0.25) is 4.90 Å². The Hall–Kier alpha value is -3.00. The Morgan fingerprint density at radius 1 is 1.03 bits per heavy atom. The molecule has 1 atom stereocenters. The Balaban J connectivity index is 1.66. The average Bonchev–Trinajstić information content (AvgIpc) is 2.80. The van der Waals surface area contributed by atoms with Gasteiger partial charge in [-0.15, -0.1) is 0 Å². The van der Waals surface area contributed by atoms with Crippen LogP contribution in [0.15, 0.2) is 72.8 Å². The number of nitrogens with zero attached hydrogens (tertiary/aromatic N) is 3. The molecule has 1 fully saturated rings. The lowest BCUT2D eigenvalue weighted by atomic mass is 9.99. The quantitative estimate of drug-likeness (QED) is 0.566. The van der Waals surface area contributed by atoms with Gasteiger partial charge in [-0.25, -0.2) is 0 Å². The largest absolute Gasteiger partial charge is 0.497 e. The van der Waals surface area contributed by atoms with Crippen molar-refractivity contribution in [1.82, 2.24) is 4.90 Å². The van der Waals surface area contributed by atoms with Crippen molar-refractivity contribution in [3.05, 3.63) is 94.5 Å². The third-order valence-electron chi connectivity index (χ3n) is 5.60. The zero-order chi connectivity index (χ0) is 20.9. The van der Waals surface area contributed by atoms with Crippen LogP contribution in [0.2, 0.25) is 5.02 Å². The van der Waals surface area contributed by atoms with Crippen LogP contribution in [0.25, 0.3) is 0 Å². The van der Waals surface area contributed by atoms with Crippen LogP contribution in [0.5, 0.6) is 5.75 Å². The van der Waals surface area contributed by atoms with Crippen LogP contribution >= 0.6 is 11.6 Å². The molecule has 4 rings (SSSR count). The van der Waals surface area contributed by atoms with Gasteiger partial charge < -0.3 is 9.64 Å². The Morgan fingerprint density at radius 3 is 2.50 bits per heavy atom. The lowest BCUT2D eigenvalue weighted by Crippen LogP contribution is -2.48. The zero-order valence-electron chi connectivity index (χ0n) is 17.0. The second-order valence-electron chi connectivity index (χ2n) is 7.48. The molecule has 5 heteroatoms. The number of anilines is 1. The summed E-state index contributed by atoms with van der Waals surface area (Å²) >= 11 is 6.14. The molecule has 1 saturated heterocycles. The summed E-state index contributed by atoms with van der Waals surface area (Å²) in [5.41, 5.74) is 4.07. The van der Waals surface area contributed by atoms with Crippen molar-refractivity contribution >= 4 is 17.3 Å². The summed E-state index contributed by atoms with van der Waals surface area (Å²) in [4.78, 5) is 4.81. The first-order chi connectivity index (χ1) is 14.7. The van der Waals surface area contributed by atoms with Crippen molar-refractivity contribution < 1.29 is 4.74 Å². The van der Waals surface area contributed by atoms with Crippen LogP contribution in [-0.2, 0) is 6.54 Å². The van der Waals surface area contributed by atoms with Gasteiger partial charge in [0.2, 0.25) is 0 Å². The van der Waals surface area contributed by atoms with Gasteiger partial charge in [0.15, 0.2) is 0 Å². The monoisotopic (exact) mass is 417 g/mol. The van der Waals surface area contributed by atoms with Gasteiger partial charge in [0, 0.05) is 31.2 Å². The number of hydrogen-bond acceptors (Lipinski definition) is 4. The van der Waals surface area contributed by atoms with E-state index in [4.69, 9.17) is 16.3 Å². The van der Waals surface area contributed by atoms with E-state index in [0.717, 1.165) is 36.9 Å². The molecule has 0 spiro atoms. The molecular formula is C25H24ClN3O. The summed E-state index contributed by atoms with van der Waals surface area (Å²) in [7, 11) is 1.62. The smallest absolute Gasteiger partial charge is 0.120 e. The van der Waals surface area contributed by atoms with Crippen LogP contribution < -0.4 is 9.64 Å². The van der Waals surface area contributed by atoms with Gasteiger partial charge in [-0.1, -0.05) is 54.1 Å². The van der Waals surface area contributed by atoms with Crippen molar-refractivity contribution in [2.24, 2.45) is 0 Å². The molecule has 0 N–H and O–H groups in total. The second kappa shape index (κ2) is 9.21. The minimum atomic E-state index is 0.125. The molecule has 0 bridgehead atoms. The average molecular weight is 418 g/mol. The van der Waals surface area contributed by atoms with Gasteiger partial charge in [0.1, 0.15) is 11.8 Å². The molecule has 0 amide bonds. The number of benzene rings is 3. The highest BCUT2D eigenvalue weighted by atomic mass is 35.5. The summed E-state index contributed by atoms with van der Waals surface area (Å²) < 4.78 is 5.31. The maximum atomic E-state index is 9.75. The summed E-state index contributed by atoms with van der Waals surface area (Å²) in [6, 6.07) is 26.8. The Bertz CT molecular complexity index is 1030. The number of rotatable bonds is 5. The fourth-order valence-corrected chi connectivity index (χ4v) is 4.19.